The average Bonchev–Trinajstić information content (AvgIpc) is 3.19. The predicted octanol–water partition coefficient (Wildman–Crippen LogP) is 5.16. The molecule has 0 spiro atoms. The number of hydrogen-bond donors (Lipinski definition) is 1. The average molecular weight is 469 g/mol. The molecule has 1 aromatic heterocycles. The summed E-state index contributed by atoms with van der Waals surface area (Å²) in [6.07, 6.45) is 14.7. The molecule has 1 aromatic rings. The van der Waals surface area contributed by atoms with Gasteiger partial charge in [-0.3, -0.25) is 14.4 Å². The molecule has 7 heteroatoms. The first-order valence-corrected chi connectivity index (χ1v) is 11.7. The Morgan fingerprint density at radius 1 is 1.00 bits per heavy atom. The van der Waals surface area contributed by atoms with E-state index in [0.717, 1.165) is 36.8 Å². The zero-order chi connectivity index (χ0) is 25.7. The Morgan fingerprint density at radius 3 is 2.15 bits per heavy atom. The van der Waals surface area contributed by atoms with Crippen LogP contribution < -0.4 is 10.2 Å². The van der Waals surface area contributed by atoms with Gasteiger partial charge < -0.3 is 14.8 Å². The van der Waals surface area contributed by atoms with E-state index in [9.17, 15) is 14.4 Å². The molecular weight excluding hydrogens is 428 g/mol. The van der Waals surface area contributed by atoms with Gasteiger partial charge >= 0.3 is 0 Å². The zero-order valence-electron chi connectivity index (χ0n) is 21.8. The van der Waals surface area contributed by atoms with Gasteiger partial charge in [-0.1, -0.05) is 40.5 Å². The van der Waals surface area contributed by atoms with Gasteiger partial charge in [0.25, 0.3) is 5.91 Å². The van der Waals surface area contributed by atoms with E-state index in [1.165, 1.54) is 16.0 Å². The number of anilines is 1. The first-order valence-electron chi connectivity index (χ1n) is 11.7. The van der Waals surface area contributed by atoms with Gasteiger partial charge in [-0.15, -0.1) is 0 Å². The molecule has 0 bridgehead atoms. The maximum atomic E-state index is 12.3. The summed E-state index contributed by atoms with van der Waals surface area (Å²) >= 11 is 0. The minimum absolute atomic E-state index is 0.161. The molecule has 0 atom stereocenters. The van der Waals surface area contributed by atoms with Crippen molar-refractivity contribution in [3.8, 4) is 0 Å². The van der Waals surface area contributed by atoms with Gasteiger partial charge in [0.1, 0.15) is 0 Å². The van der Waals surface area contributed by atoms with Gasteiger partial charge in [-0.05, 0) is 66.4 Å². The van der Waals surface area contributed by atoms with Crippen LogP contribution in [0.4, 0.5) is 5.82 Å². The van der Waals surface area contributed by atoms with Crippen LogP contribution in [0, 0.1) is 0 Å². The Morgan fingerprint density at radius 2 is 1.59 bits per heavy atom. The number of nitrogens with zero attached hydrogens (tertiary/aromatic N) is 3. The highest BCUT2D eigenvalue weighted by Crippen LogP contribution is 2.18. The topological polar surface area (TPSA) is 84.3 Å². The molecule has 7 nitrogen and oxygen atoms in total. The van der Waals surface area contributed by atoms with Crippen LogP contribution in [0.25, 0.3) is 0 Å². The number of nitrogens with one attached hydrogen (secondary N) is 1. The molecule has 0 aliphatic rings. The Balaban J connectivity index is 2.59. The molecule has 2 amide bonds. The number of carbonyl (C=O) groups excluding carboxylic acids is 3. The van der Waals surface area contributed by atoms with E-state index < -0.39 is 0 Å². The number of rotatable bonds is 14. The van der Waals surface area contributed by atoms with Crippen LogP contribution in [-0.4, -0.2) is 41.7 Å². The highest BCUT2D eigenvalue weighted by molar-refractivity contribution is 5.99. The van der Waals surface area contributed by atoms with Crippen LogP contribution in [0.5, 0.6) is 0 Å². The van der Waals surface area contributed by atoms with Gasteiger partial charge in [0.2, 0.25) is 6.41 Å². The molecule has 1 rings (SSSR count). The van der Waals surface area contributed by atoms with Crippen molar-refractivity contribution in [3.63, 3.8) is 0 Å². The standard InChI is InChI=1S/C27H40N4O3/c1-20(2)16-24(33)17-23(5)13-9-11-21(3)10-8-12-22(4)14-15-31-18-29-26(30(7)19-32)25(31)27(34)28-6/h10,13-14,16,18-19H,8-9,11-12,15,17H2,1-7H3,(H,28,34)/b21-10+,22-14+,23-13-. The fourth-order valence-corrected chi connectivity index (χ4v) is 3.44. The molecule has 0 saturated carbocycles. The lowest BCUT2D eigenvalue weighted by Gasteiger charge is -2.11. The Labute approximate surface area is 204 Å². The van der Waals surface area contributed by atoms with Gasteiger partial charge in [-0.25, -0.2) is 4.98 Å². The summed E-state index contributed by atoms with van der Waals surface area (Å²) in [5, 5.41) is 2.61. The van der Waals surface area contributed by atoms with Crippen molar-refractivity contribution in [2.24, 2.45) is 0 Å². The number of hydrogen-bond acceptors (Lipinski definition) is 4. The van der Waals surface area contributed by atoms with Gasteiger partial charge in [0.05, 0.1) is 6.33 Å². The lowest BCUT2D eigenvalue weighted by Crippen LogP contribution is -2.25. The quantitative estimate of drug-likeness (QED) is 0.232. The minimum atomic E-state index is -0.281. The molecular formula is C27H40N4O3. The fraction of sp³-hybridized carbons (Fsp3) is 0.481. The molecule has 0 unspecified atom stereocenters. The number of ketones is 1. The summed E-state index contributed by atoms with van der Waals surface area (Å²) in [4.78, 5) is 40.7. The molecule has 0 aliphatic carbocycles. The van der Waals surface area contributed by atoms with Crippen LogP contribution in [0.2, 0.25) is 0 Å². The van der Waals surface area contributed by atoms with E-state index in [-0.39, 0.29) is 11.7 Å². The van der Waals surface area contributed by atoms with E-state index in [1.54, 1.807) is 31.1 Å². The fourth-order valence-electron chi connectivity index (χ4n) is 3.44. The number of amides is 2. The van der Waals surface area contributed by atoms with Crippen LogP contribution in [-0.2, 0) is 16.1 Å². The Hall–Kier alpha value is -3.22. The highest BCUT2D eigenvalue weighted by Gasteiger charge is 2.20. The van der Waals surface area contributed by atoms with Gasteiger partial charge in [0, 0.05) is 27.1 Å². The van der Waals surface area contributed by atoms with Crippen molar-refractivity contribution in [1.29, 1.82) is 0 Å². The van der Waals surface area contributed by atoms with Crippen molar-refractivity contribution in [2.75, 3.05) is 19.0 Å². The van der Waals surface area contributed by atoms with E-state index in [4.69, 9.17) is 0 Å². The molecule has 0 aromatic carbocycles. The van der Waals surface area contributed by atoms with E-state index in [2.05, 4.69) is 42.4 Å². The number of carbonyl (C=O) groups is 3. The second-order valence-corrected chi connectivity index (χ2v) is 8.96. The minimum Gasteiger partial charge on any atom is -0.354 e. The zero-order valence-corrected chi connectivity index (χ0v) is 21.8. The number of imidazole rings is 1. The lowest BCUT2D eigenvalue weighted by molar-refractivity contribution is -0.114. The van der Waals surface area contributed by atoms with Crippen LogP contribution in [0.15, 0.2) is 52.9 Å². The largest absolute Gasteiger partial charge is 0.354 e. The first-order chi connectivity index (χ1) is 16.1. The second kappa shape index (κ2) is 14.8. The van der Waals surface area contributed by atoms with Crippen molar-refractivity contribution in [3.05, 3.63) is 58.6 Å². The maximum absolute atomic E-state index is 12.3. The second-order valence-electron chi connectivity index (χ2n) is 8.96. The Kier molecular flexibility index (Phi) is 12.6. The number of allylic oxidation sites excluding steroid dienone is 8. The monoisotopic (exact) mass is 468 g/mol. The molecule has 1 N–H and O–H groups in total. The molecule has 186 valence electrons. The van der Waals surface area contributed by atoms with Crippen molar-refractivity contribution < 1.29 is 14.4 Å². The van der Waals surface area contributed by atoms with Crippen molar-refractivity contribution >= 4 is 23.9 Å². The summed E-state index contributed by atoms with van der Waals surface area (Å²) in [6, 6.07) is 0. The van der Waals surface area contributed by atoms with Gasteiger partial charge in [-0.2, -0.15) is 0 Å². The summed E-state index contributed by atoms with van der Waals surface area (Å²) in [5.41, 5.74) is 5.08. The third-order valence-electron chi connectivity index (χ3n) is 5.35. The molecule has 0 aliphatic heterocycles. The lowest BCUT2D eigenvalue weighted by atomic mass is 10.0. The van der Waals surface area contributed by atoms with Crippen LogP contribution in [0.1, 0.15) is 77.2 Å². The van der Waals surface area contributed by atoms with Crippen molar-refractivity contribution in [2.45, 2.75) is 73.3 Å². The molecule has 0 radical (unpaired) electrons. The van der Waals surface area contributed by atoms with Gasteiger partial charge in [0.15, 0.2) is 17.3 Å². The molecule has 0 fully saturated rings. The Bertz CT molecular complexity index is 976. The third-order valence-corrected chi connectivity index (χ3v) is 5.35. The van der Waals surface area contributed by atoms with Crippen LogP contribution >= 0.6 is 0 Å². The predicted molar refractivity (Wildman–Crippen MR) is 139 cm³/mol. The SMILES string of the molecule is CNC(=O)c1c(N(C)C=O)ncn1C/C=C(\C)CC/C=C(\C)CC/C=C(/C)CC(=O)C=C(C)C. The summed E-state index contributed by atoms with van der Waals surface area (Å²) < 4.78 is 1.75. The maximum Gasteiger partial charge on any atom is 0.271 e. The summed E-state index contributed by atoms with van der Waals surface area (Å²) in [7, 11) is 3.13. The summed E-state index contributed by atoms with van der Waals surface area (Å²) in [5.74, 6) is 0.217. The summed E-state index contributed by atoms with van der Waals surface area (Å²) in [6.45, 7) is 10.6. The smallest absolute Gasteiger partial charge is 0.271 e. The normalized spacial score (nSPS) is 12.4. The molecule has 1 heterocycles. The third kappa shape index (κ3) is 10.1. The number of aromatic nitrogens is 2. The van der Waals surface area contributed by atoms with E-state index in [1.807, 2.05) is 20.8 Å². The van der Waals surface area contributed by atoms with Crippen molar-refractivity contribution in [1.82, 2.24) is 14.9 Å². The van der Waals surface area contributed by atoms with E-state index in [0.29, 0.717) is 30.9 Å². The highest BCUT2D eigenvalue weighted by atomic mass is 16.2. The first kappa shape index (κ1) is 28.8. The molecule has 34 heavy (non-hydrogen) atoms. The molecule has 0 saturated heterocycles. The van der Waals surface area contributed by atoms with Crippen LogP contribution in [0.3, 0.4) is 0 Å². The van der Waals surface area contributed by atoms with E-state index >= 15 is 0 Å².